The number of nitrogens with zero attached hydrogens (tertiary/aromatic N) is 1. The summed E-state index contributed by atoms with van der Waals surface area (Å²) in [6, 6.07) is 11.8. The number of carbonyl (C=O) groups excluding carboxylic acids is 3. The topological polar surface area (TPSA) is 94.2 Å². The molecule has 1 aliphatic heterocycles. The van der Waals surface area contributed by atoms with Gasteiger partial charge in [0.1, 0.15) is 24.7 Å². The minimum atomic E-state index is -4.66. The lowest BCUT2D eigenvalue weighted by molar-refractivity contribution is -0.137. The molecule has 8 nitrogen and oxygen atoms in total. The lowest BCUT2D eigenvalue weighted by atomic mass is 10.1. The summed E-state index contributed by atoms with van der Waals surface area (Å²) in [4.78, 5) is 38.8. The normalized spacial score (nSPS) is 14.4. The first kappa shape index (κ1) is 30.9. The average molecular weight is 669 g/mol. The summed E-state index contributed by atoms with van der Waals surface area (Å²) in [7, 11) is 2.61. The van der Waals surface area contributed by atoms with E-state index < -0.39 is 41.2 Å². The summed E-state index contributed by atoms with van der Waals surface area (Å²) < 4.78 is 69.9. The number of methoxy groups -OCH3 is 2. The smallest absolute Gasteiger partial charge is 0.416 e. The van der Waals surface area contributed by atoms with Gasteiger partial charge in [-0.15, -0.1) is 0 Å². The predicted octanol–water partition coefficient (Wildman–Crippen LogP) is 6.88. The van der Waals surface area contributed by atoms with Crippen LogP contribution in [0.25, 0.3) is 6.08 Å². The zero-order chi connectivity index (χ0) is 30.6. The van der Waals surface area contributed by atoms with Crippen LogP contribution in [-0.4, -0.2) is 42.7 Å². The van der Waals surface area contributed by atoms with Crippen molar-refractivity contribution < 1.29 is 46.2 Å². The van der Waals surface area contributed by atoms with Gasteiger partial charge in [-0.3, -0.25) is 19.3 Å². The summed E-state index contributed by atoms with van der Waals surface area (Å²) in [5.74, 6) is -1.59. The first-order valence-electron chi connectivity index (χ1n) is 12.0. The zero-order valence-corrected chi connectivity index (χ0v) is 24.3. The fraction of sp³-hybridized carbons (Fsp3) is 0.179. The van der Waals surface area contributed by atoms with E-state index in [0.717, 1.165) is 12.1 Å². The molecule has 3 amide bonds. The number of amides is 3. The van der Waals surface area contributed by atoms with Crippen LogP contribution in [0.3, 0.4) is 0 Å². The van der Waals surface area contributed by atoms with Gasteiger partial charge in [-0.2, -0.15) is 13.2 Å². The molecular weight excluding hydrogens is 648 g/mol. The largest absolute Gasteiger partial charge is 0.495 e. The second-order valence-corrected chi connectivity index (χ2v) is 10.5. The molecule has 0 atom stereocenters. The first-order chi connectivity index (χ1) is 19.9. The number of benzene rings is 3. The van der Waals surface area contributed by atoms with Crippen LogP contribution in [0.5, 0.6) is 17.2 Å². The van der Waals surface area contributed by atoms with Crippen LogP contribution in [0.1, 0.15) is 16.7 Å². The number of thioether (sulfide) groups is 1. The Balaban J connectivity index is 1.49. The third-order valence-corrected chi connectivity index (χ3v) is 7.35. The molecule has 3 aromatic carbocycles. The van der Waals surface area contributed by atoms with Crippen molar-refractivity contribution >= 4 is 56.5 Å². The number of hydrogen-bond acceptors (Lipinski definition) is 7. The van der Waals surface area contributed by atoms with Crippen molar-refractivity contribution in [2.75, 3.05) is 26.1 Å². The highest BCUT2D eigenvalue weighted by Crippen LogP contribution is 2.40. The molecule has 0 spiro atoms. The highest BCUT2D eigenvalue weighted by molar-refractivity contribution is 9.10. The van der Waals surface area contributed by atoms with Gasteiger partial charge >= 0.3 is 6.18 Å². The van der Waals surface area contributed by atoms with Crippen LogP contribution < -0.4 is 19.5 Å². The number of halogens is 5. The lowest BCUT2D eigenvalue weighted by Crippen LogP contribution is -2.36. The van der Waals surface area contributed by atoms with Gasteiger partial charge in [0.2, 0.25) is 5.91 Å². The summed E-state index contributed by atoms with van der Waals surface area (Å²) in [5.41, 5.74) is -0.507. The van der Waals surface area contributed by atoms with Gasteiger partial charge in [0, 0.05) is 5.56 Å². The van der Waals surface area contributed by atoms with Gasteiger partial charge in [0.05, 0.1) is 34.8 Å². The molecule has 42 heavy (non-hydrogen) atoms. The zero-order valence-electron chi connectivity index (χ0n) is 21.9. The van der Waals surface area contributed by atoms with Crippen LogP contribution >= 0.6 is 27.7 Å². The molecule has 0 unspecified atom stereocenters. The van der Waals surface area contributed by atoms with Crippen molar-refractivity contribution in [3.05, 3.63) is 86.5 Å². The molecule has 1 N–H and O–H groups in total. The Labute approximate surface area is 249 Å². The number of carbonyl (C=O) groups is 3. The average Bonchev–Trinajstić information content (AvgIpc) is 3.19. The number of rotatable bonds is 9. The maximum absolute atomic E-state index is 14.0. The van der Waals surface area contributed by atoms with Gasteiger partial charge in [-0.05, 0) is 75.7 Å². The van der Waals surface area contributed by atoms with E-state index in [4.69, 9.17) is 14.2 Å². The van der Waals surface area contributed by atoms with Crippen molar-refractivity contribution in [2.45, 2.75) is 12.8 Å². The maximum atomic E-state index is 14.0. The molecule has 0 saturated carbocycles. The first-order valence-corrected chi connectivity index (χ1v) is 13.6. The van der Waals surface area contributed by atoms with E-state index in [1.165, 1.54) is 26.4 Å². The molecule has 0 aliphatic carbocycles. The minimum absolute atomic E-state index is 0.00146. The van der Waals surface area contributed by atoms with E-state index in [9.17, 15) is 31.9 Å². The molecule has 0 radical (unpaired) electrons. The second kappa shape index (κ2) is 12.9. The number of hydrogen-bond donors (Lipinski definition) is 1. The van der Waals surface area contributed by atoms with Crippen LogP contribution in [0.4, 0.5) is 28.0 Å². The summed E-state index contributed by atoms with van der Waals surface area (Å²) >= 11 is 3.97. The fourth-order valence-electron chi connectivity index (χ4n) is 3.83. The van der Waals surface area contributed by atoms with Crippen LogP contribution in [0.2, 0.25) is 0 Å². The minimum Gasteiger partial charge on any atom is -0.495 e. The summed E-state index contributed by atoms with van der Waals surface area (Å²) in [5, 5.41) is 1.52. The summed E-state index contributed by atoms with van der Waals surface area (Å²) in [6.45, 7) is -0.814. The van der Waals surface area contributed by atoms with E-state index in [-0.39, 0.29) is 34.4 Å². The predicted molar refractivity (Wildman–Crippen MR) is 151 cm³/mol. The van der Waals surface area contributed by atoms with Gasteiger partial charge in [0.25, 0.3) is 11.1 Å². The van der Waals surface area contributed by atoms with Crippen LogP contribution in [0, 0.1) is 5.82 Å². The molecule has 220 valence electrons. The second-order valence-electron chi connectivity index (χ2n) is 8.64. The Bertz CT molecular complexity index is 1580. The molecule has 14 heteroatoms. The molecule has 0 aromatic heterocycles. The van der Waals surface area contributed by atoms with Crippen LogP contribution in [-0.2, 0) is 22.4 Å². The highest BCUT2D eigenvalue weighted by Gasteiger charge is 2.37. The molecule has 1 saturated heterocycles. The molecule has 1 aliphatic rings. The molecular formula is C28H21BrF4N2O6S. The van der Waals surface area contributed by atoms with Crippen LogP contribution in [0.15, 0.2) is 64.0 Å². The Morgan fingerprint density at radius 1 is 1.05 bits per heavy atom. The van der Waals surface area contributed by atoms with Crippen molar-refractivity contribution in [3.8, 4) is 17.2 Å². The Morgan fingerprint density at radius 2 is 1.76 bits per heavy atom. The summed E-state index contributed by atoms with van der Waals surface area (Å²) in [6.07, 6.45) is -3.25. The standard InChI is InChI=1S/C28H21BrF4N2O6S/c1-39-21-8-7-17(28(31,32)33)12-20(21)34-24(36)13-35-26(37)23(42-27(35)38)11-15-9-18(29)25(22(10-15)40-2)41-14-16-5-3-4-6-19(16)30/h3-12H,13-14H2,1-2H3,(H,34,36)/b23-11-. The van der Waals surface area contributed by atoms with E-state index in [1.54, 1.807) is 30.3 Å². The number of anilines is 1. The van der Waals surface area contributed by atoms with Crippen molar-refractivity contribution in [1.29, 1.82) is 0 Å². The van der Waals surface area contributed by atoms with Gasteiger partial charge in [-0.1, -0.05) is 18.2 Å². The van der Waals surface area contributed by atoms with E-state index in [1.807, 2.05) is 0 Å². The lowest BCUT2D eigenvalue weighted by Gasteiger charge is -2.16. The highest BCUT2D eigenvalue weighted by atomic mass is 79.9. The fourth-order valence-corrected chi connectivity index (χ4v) is 5.24. The quantitative estimate of drug-likeness (QED) is 0.196. The van der Waals surface area contributed by atoms with Gasteiger partial charge in [0.15, 0.2) is 11.5 Å². The number of nitrogens with one attached hydrogen (secondary N) is 1. The third-order valence-electron chi connectivity index (χ3n) is 5.86. The van der Waals surface area contributed by atoms with Gasteiger partial charge in [-0.25, -0.2) is 4.39 Å². The SMILES string of the molecule is COc1ccc(C(F)(F)F)cc1NC(=O)CN1C(=O)S/C(=C\c2cc(Br)c(OCc3ccccc3F)c(OC)c2)C1=O. The Hall–Kier alpha value is -4.04. The maximum Gasteiger partial charge on any atom is 0.416 e. The Kier molecular flexibility index (Phi) is 9.46. The molecule has 3 aromatic rings. The van der Waals surface area contributed by atoms with Crippen molar-refractivity contribution in [2.24, 2.45) is 0 Å². The van der Waals surface area contributed by atoms with E-state index in [2.05, 4.69) is 21.2 Å². The molecule has 1 fully saturated rings. The molecule has 1 heterocycles. The van der Waals surface area contributed by atoms with Crippen molar-refractivity contribution in [3.63, 3.8) is 0 Å². The Morgan fingerprint density at radius 3 is 2.43 bits per heavy atom. The van der Waals surface area contributed by atoms with E-state index in [0.29, 0.717) is 38.3 Å². The molecule has 4 rings (SSSR count). The third kappa shape index (κ3) is 7.05. The molecule has 0 bridgehead atoms. The van der Waals surface area contributed by atoms with Crippen molar-refractivity contribution in [1.82, 2.24) is 4.90 Å². The van der Waals surface area contributed by atoms with E-state index >= 15 is 0 Å². The monoisotopic (exact) mass is 668 g/mol. The number of alkyl halides is 3. The number of imide groups is 1. The number of ether oxygens (including phenoxy) is 3. The van der Waals surface area contributed by atoms with Gasteiger partial charge < -0.3 is 19.5 Å².